The Morgan fingerprint density at radius 3 is 2.47 bits per heavy atom. The second kappa shape index (κ2) is 5.68. The molecule has 1 unspecified atom stereocenters. The second-order valence-corrected chi connectivity index (χ2v) is 4.28. The van der Waals surface area contributed by atoms with Gasteiger partial charge in [-0.05, 0) is 30.7 Å². The van der Waals surface area contributed by atoms with E-state index in [1.165, 1.54) is 0 Å². The van der Waals surface area contributed by atoms with Crippen molar-refractivity contribution in [3.05, 3.63) is 29.3 Å². The maximum absolute atomic E-state index is 11.4. The lowest BCUT2D eigenvalue weighted by Gasteiger charge is -2.18. The highest BCUT2D eigenvalue weighted by molar-refractivity contribution is 5.82. The number of methoxy groups -OCH3 is 1. The SMILES string of the molecule is CNC(C(N)=O)c1cc(C(C)C)ccc1OC. The van der Waals surface area contributed by atoms with Gasteiger partial charge in [-0.15, -0.1) is 0 Å². The molecule has 94 valence electrons. The Morgan fingerprint density at radius 2 is 2.06 bits per heavy atom. The maximum Gasteiger partial charge on any atom is 0.239 e. The van der Waals surface area contributed by atoms with Crippen molar-refractivity contribution in [1.29, 1.82) is 0 Å². The van der Waals surface area contributed by atoms with Gasteiger partial charge in [0.05, 0.1) is 7.11 Å². The van der Waals surface area contributed by atoms with Gasteiger partial charge in [0.25, 0.3) is 0 Å². The third-order valence-corrected chi connectivity index (χ3v) is 2.80. The zero-order valence-corrected chi connectivity index (χ0v) is 10.8. The van der Waals surface area contributed by atoms with E-state index in [-0.39, 0.29) is 0 Å². The highest BCUT2D eigenvalue weighted by Crippen LogP contribution is 2.28. The fourth-order valence-corrected chi connectivity index (χ4v) is 1.79. The van der Waals surface area contributed by atoms with E-state index in [0.717, 1.165) is 11.1 Å². The molecule has 3 N–H and O–H groups in total. The zero-order valence-electron chi connectivity index (χ0n) is 10.8. The van der Waals surface area contributed by atoms with E-state index in [1.807, 2.05) is 18.2 Å². The number of nitrogens with one attached hydrogen (secondary N) is 1. The number of carbonyl (C=O) groups is 1. The summed E-state index contributed by atoms with van der Waals surface area (Å²) in [7, 11) is 3.29. The number of benzene rings is 1. The Kier molecular flexibility index (Phi) is 4.52. The highest BCUT2D eigenvalue weighted by atomic mass is 16.5. The fraction of sp³-hybridized carbons (Fsp3) is 0.462. The number of amides is 1. The Hall–Kier alpha value is -1.55. The molecule has 0 bridgehead atoms. The van der Waals surface area contributed by atoms with Crippen LogP contribution in [-0.2, 0) is 4.79 Å². The lowest BCUT2D eigenvalue weighted by molar-refractivity contribution is -0.120. The predicted octanol–water partition coefficient (Wildman–Crippen LogP) is 1.56. The molecule has 1 aromatic carbocycles. The molecule has 1 rings (SSSR count). The van der Waals surface area contributed by atoms with Crippen LogP contribution in [0.2, 0.25) is 0 Å². The van der Waals surface area contributed by atoms with Crippen LogP contribution in [0.5, 0.6) is 5.75 Å². The van der Waals surface area contributed by atoms with Gasteiger partial charge in [-0.3, -0.25) is 4.79 Å². The van der Waals surface area contributed by atoms with Crippen molar-refractivity contribution in [1.82, 2.24) is 5.32 Å². The van der Waals surface area contributed by atoms with Crippen LogP contribution in [0.3, 0.4) is 0 Å². The topological polar surface area (TPSA) is 64.3 Å². The van der Waals surface area contributed by atoms with Crippen LogP contribution in [0, 0.1) is 0 Å². The molecule has 0 aromatic heterocycles. The van der Waals surface area contributed by atoms with Crippen molar-refractivity contribution in [2.75, 3.05) is 14.2 Å². The summed E-state index contributed by atoms with van der Waals surface area (Å²) in [5.74, 6) is 0.657. The summed E-state index contributed by atoms with van der Waals surface area (Å²) < 4.78 is 5.27. The summed E-state index contributed by atoms with van der Waals surface area (Å²) in [4.78, 5) is 11.4. The van der Waals surface area contributed by atoms with Crippen molar-refractivity contribution in [2.45, 2.75) is 25.8 Å². The fourth-order valence-electron chi connectivity index (χ4n) is 1.79. The van der Waals surface area contributed by atoms with Crippen LogP contribution in [-0.4, -0.2) is 20.1 Å². The molecule has 1 amide bonds. The predicted molar refractivity (Wildman–Crippen MR) is 68.1 cm³/mol. The Morgan fingerprint density at radius 1 is 1.41 bits per heavy atom. The standard InChI is InChI=1S/C13H20N2O2/c1-8(2)9-5-6-11(17-4)10(7-9)12(15-3)13(14)16/h5-8,12,15H,1-4H3,(H2,14,16). The summed E-state index contributed by atoms with van der Waals surface area (Å²) in [5, 5.41) is 2.90. The molecule has 4 heteroatoms. The third-order valence-electron chi connectivity index (χ3n) is 2.80. The summed E-state index contributed by atoms with van der Waals surface area (Å²) in [6.07, 6.45) is 0. The lowest BCUT2D eigenvalue weighted by atomic mass is 9.96. The minimum atomic E-state index is -0.524. The molecule has 0 aliphatic heterocycles. The summed E-state index contributed by atoms with van der Waals surface area (Å²) in [6.45, 7) is 4.20. The number of primary amides is 1. The molecule has 4 nitrogen and oxygen atoms in total. The van der Waals surface area contributed by atoms with Crippen molar-refractivity contribution in [3.63, 3.8) is 0 Å². The first-order valence-corrected chi connectivity index (χ1v) is 5.65. The van der Waals surface area contributed by atoms with Crippen LogP contribution in [0.1, 0.15) is 36.9 Å². The van der Waals surface area contributed by atoms with E-state index >= 15 is 0 Å². The molecular formula is C13H20N2O2. The van der Waals surface area contributed by atoms with Crippen molar-refractivity contribution in [3.8, 4) is 5.75 Å². The molecule has 0 aliphatic rings. The van der Waals surface area contributed by atoms with Gasteiger partial charge in [-0.2, -0.15) is 0 Å². The van der Waals surface area contributed by atoms with Gasteiger partial charge in [0.1, 0.15) is 11.8 Å². The third kappa shape index (κ3) is 2.97. The van der Waals surface area contributed by atoms with Gasteiger partial charge >= 0.3 is 0 Å². The zero-order chi connectivity index (χ0) is 13.0. The van der Waals surface area contributed by atoms with Crippen LogP contribution >= 0.6 is 0 Å². The Labute approximate surface area is 102 Å². The second-order valence-electron chi connectivity index (χ2n) is 4.28. The molecule has 17 heavy (non-hydrogen) atoms. The molecule has 0 saturated carbocycles. The van der Waals surface area contributed by atoms with Gasteiger partial charge in [-0.1, -0.05) is 19.9 Å². The van der Waals surface area contributed by atoms with E-state index in [4.69, 9.17) is 10.5 Å². The molecule has 1 aromatic rings. The van der Waals surface area contributed by atoms with Gasteiger partial charge in [-0.25, -0.2) is 0 Å². The van der Waals surface area contributed by atoms with E-state index in [0.29, 0.717) is 11.7 Å². The first-order valence-electron chi connectivity index (χ1n) is 5.65. The minimum Gasteiger partial charge on any atom is -0.496 e. The number of ether oxygens (including phenoxy) is 1. The number of hydrogen-bond acceptors (Lipinski definition) is 3. The first-order chi connectivity index (χ1) is 8.01. The van der Waals surface area contributed by atoms with E-state index in [9.17, 15) is 4.79 Å². The lowest BCUT2D eigenvalue weighted by Crippen LogP contribution is -2.31. The molecule has 0 spiro atoms. The van der Waals surface area contributed by atoms with E-state index < -0.39 is 11.9 Å². The number of hydrogen-bond donors (Lipinski definition) is 2. The number of carbonyl (C=O) groups excluding carboxylic acids is 1. The van der Waals surface area contributed by atoms with Crippen molar-refractivity contribution in [2.24, 2.45) is 5.73 Å². The molecule has 0 aliphatic carbocycles. The number of rotatable bonds is 5. The Balaban J connectivity index is 3.26. The number of likely N-dealkylation sites (N-methyl/N-ethyl adjacent to an activating group) is 1. The maximum atomic E-state index is 11.4. The smallest absolute Gasteiger partial charge is 0.239 e. The van der Waals surface area contributed by atoms with Crippen LogP contribution in [0.4, 0.5) is 0 Å². The van der Waals surface area contributed by atoms with Gasteiger partial charge in [0, 0.05) is 5.56 Å². The van der Waals surface area contributed by atoms with Gasteiger partial charge in [0.2, 0.25) is 5.91 Å². The number of nitrogens with two attached hydrogens (primary N) is 1. The highest BCUT2D eigenvalue weighted by Gasteiger charge is 2.20. The van der Waals surface area contributed by atoms with Gasteiger partial charge < -0.3 is 15.8 Å². The van der Waals surface area contributed by atoms with Gasteiger partial charge in [0.15, 0.2) is 0 Å². The minimum absolute atomic E-state index is 0.394. The van der Waals surface area contributed by atoms with Crippen molar-refractivity contribution >= 4 is 5.91 Å². The largest absolute Gasteiger partial charge is 0.496 e. The van der Waals surface area contributed by atoms with E-state index in [2.05, 4.69) is 19.2 Å². The molecule has 1 atom stereocenters. The molecule has 0 radical (unpaired) electrons. The quantitative estimate of drug-likeness (QED) is 0.815. The molecule has 0 fully saturated rings. The van der Waals surface area contributed by atoms with E-state index in [1.54, 1.807) is 14.2 Å². The normalized spacial score (nSPS) is 12.5. The van der Waals surface area contributed by atoms with Crippen LogP contribution in [0.25, 0.3) is 0 Å². The molecule has 0 saturated heterocycles. The van der Waals surface area contributed by atoms with Crippen molar-refractivity contribution < 1.29 is 9.53 Å². The van der Waals surface area contributed by atoms with Crippen LogP contribution in [0.15, 0.2) is 18.2 Å². The first kappa shape index (κ1) is 13.5. The average molecular weight is 236 g/mol. The summed E-state index contributed by atoms with van der Waals surface area (Å²) >= 11 is 0. The monoisotopic (exact) mass is 236 g/mol. The Bertz CT molecular complexity index is 402. The average Bonchev–Trinajstić information content (AvgIpc) is 2.29. The molecular weight excluding hydrogens is 216 g/mol. The molecule has 0 heterocycles. The van der Waals surface area contributed by atoms with Crippen LogP contribution < -0.4 is 15.8 Å². The summed E-state index contributed by atoms with van der Waals surface area (Å²) in [6, 6.07) is 5.32. The summed E-state index contributed by atoms with van der Waals surface area (Å²) in [5.41, 5.74) is 7.31.